The van der Waals surface area contributed by atoms with Gasteiger partial charge < -0.3 is 15.2 Å². The van der Waals surface area contributed by atoms with Crippen LogP contribution < -0.4 is 10.1 Å². The van der Waals surface area contributed by atoms with Crippen molar-refractivity contribution in [2.45, 2.75) is 30.4 Å². The Bertz CT molecular complexity index is 932. The fourth-order valence-corrected chi connectivity index (χ4v) is 2.61. The maximum atomic E-state index is 14.2. The molecule has 2 rings (SSSR count). The van der Waals surface area contributed by atoms with Gasteiger partial charge in [-0.1, -0.05) is 30.3 Å². The second-order valence-electron chi connectivity index (χ2n) is 6.22. The van der Waals surface area contributed by atoms with E-state index in [1.807, 2.05) is 0 Å². The molecule has 5 nitrogen and oxygen atoms in total. The molecule has 2 aromatic rings. The molecule has 0 fully saturated rings. The van der Waals surface area contributed by atoms with E-state index in [-0.39, 0.29) is 0 Å². The minimum absolute atomic E-state index is 0.405. The summed E-state index contributed by atoms with van der Waals surface area (Å²) in [7, 11) is 1.01. The normalized spacial score (nSPS) is 14.6. The van der Waals surface area contributed by atoms with Gasteiger partial charge in [0.1, 0.15) is 0 Å². The molecule has 0 aliphatic carbocycles. The molecule has 13 heteroatoms. The van der Waals surface area contributed by atoms with Crippen molar-refractivity contribution < 1.29 is 49.8 Å². The summed E-state index contributed by atoms with van der Waals surface area (Å²) in [6, 6.07) is 5.08. The van der Waals surface area contributed by atoms with E-state index < -0.39 is 58.9 Å². The highest BCUT2D eigenvalue weighted by Crippen LogP contribution is 2.48. The maximum absolute atomic E-state index is 14.2. The van der Waals surface area contributed by atoms with Gasteiger partial charge in [-0.05, 0) is 11.6 Å². The number of alkyl halides is 8. The van der Waals surface area contributed by atoms with E-state index in [0.29, 0.717) is 24.4 Å². The van der Waals surface area contributed by atoms with Crippen LogP contribution >= 0.6 is 0 Å². The summed E-state index contributed by atoms with van der Waals surface area (Å²) >= 11 is 0. The highest BCUT2D eigenvalue weighted by Gasteiger charge is 2.73. The number of halogens is 8. The van der Waals surface area contributed by atoms with Gasteiger partial charge in [0.2, 0.25) is 11.5 Å². The third-order valence-electron chi connectivity index (χ3n) is 4.22. The van der Waals surface area contributed by atoms with Gasteiger partial charge in [-0.3, -0.25) is 4.79 Å². The summed E-state index contributed by atoms with van der Waals surface area (Å²) in [5.74, 6) is -8.58. The third-order valence-corrected chi connectivity index (χ3v) is 4.22. The molecule has 1 aromatic carbocycles. The van der Waals surface area contributed by atoms with Crippen LogP contribution in [0.2, 0.25) is 0 Å². The van der Waals surface area contributed by atoms with Crippen LogP contribution in [0.25, 0.3) is 0 Å². The highest BCUT2D eigenvalue weighted by molar-refractivity contribution is 5.87. The second-order valence-corrected chi connectivity index (χ2v) is 6.22. The second kappa shape index (κ2) is 8.29. The van der Waals surface area contributed by atoms with Crippen LogP contribution in [0.5, 0.6) is 5.88 Å². The fraction of sp³-hybridized carbons (Fsp3) is 0.333. The third kappa shape index (κ3) is 4.55. The molecule has 0 aliphatic rings. The van der Waals surface area contributed by atoms with Crippen LogP contribution in [0.3, 0.4) is 0 Å². The minimum atomic E-state index is -6.33. The number of aliphatic hydroxyl groups is 1. The number of pyridine rings is 1. The smallest absolute Gasteiger partial charge is 0.457 e. The molecule has 0 saturated heterocycles. The van der Waals surface area contributed by atoms with Gasteiger partial charge in [0.15, 0.2) is 0 Å². The summed E-state index contributed by atoms with van der Waals surface area (Å²) in [5, 5.41) is 11.9. The molecule has 0 unspecified atom stereocenters. The first-order valence-corrected chi connectivity index (χ1v) is 8.27. The number of carbonyl (C=O) groups excluding carboxylic acids is 1. The number of amides is 1. The Kier molecular flexibility index (Phi) is 6.50. The molecule has 0 bridgehead atoms. The van der Waals surface area contributed by atoms with Crippen LogP contribution in [0.15, 0.2) is 42.6 Å². The molecule has 1 atom stereocenters. The molecule has 2 N–H and O–H groups in total. The summed E-state index contributed by atoms with van der Waals surface area (Å²) in [4.78, 5) is 15.8. The van der Waals surface area contributed by atoms with Crippen LogP contribution in [0.4, 0.5) is 35.1 Å². The molecule has 1 amide bonds. The largest absolute Gasteiger partial charge is 0.481 e. The zero-order valence-electron chi connectivity index (χ0n) is 15.5. The number of rotatable bonds is 6. The summed E-state index contributed by atoms with van der Waals surface area (Å²) in [6.07, 6.45) is -10.8. The van der Waals surface area contributed by atoms with Crippen molar-refractivity contribution in [1.82, 2.24) is 10.3 Å². The quantitative estimate of drug-likeness (QED) is 0.646. The first kappa shape index (κ1) is 24.3. The molecule has 0 aliphatic heterocycles. The Hall–Kier alpha value is -2.96. The Labute approximate surface area is 169 Å². The van der Waals surface area contributed by atoms with E-state index in [1.165, 1.54) is 6.07 Å². The SMILES string of the molecule is COc1ncc(C(F)(F)F)cc1CNC(=O)[C@](O)(c1ccccc1)C(F)(F)C(F)(F)F. The molecular formula is C18H14F8N2O3. The molecule has 0 radical (unpaired) electrons. The number of aromatic nitrogens is 1. The predicted octanol–water partition coefficient (Wildman–Crippen LogP) is 3.81. The number of methoxy groups -OCH3 is 1. The van der Waals surface area contributed by atoms with Gasteiger partial charge in [-0.2, -0.15) is 35.1 Å². The van der Waals surface area contributed by atoms with Gasteiger partial charge >= 0.3 is 18.3 Å². The Morgan fingerprint density at radius 2 is 1.61 bits per heavy atom. The van der Waals surface area contributed by atoms with E-state index in [1.54, 1.807) is 5.32 Å². The first-order valence-electron chi connectivity index (χ1n) is 8.27. The fourth-order valence-electron chi connectivity index (χ4n) is 2.61. The molecule has 0 saturated carbocycles. The lowest BCUT2D eigenvalue weighted by atomic mass is 9.85. The maximum Gasteiger partial charge on any atom is 0.457 e. The van der Waals surface area contributed by atoms with Gasteiger partial charge in [0.25, 0.3) is 5.91 Å². The standard InChI is InChI=1S/C18H14F8N2O3/c1-31-13-10(7-12(9-27-13)16(19,20)21)8-28-14(29)15(30,11-5-3-2-4-6-11)17(22,23)18(24,25)26/h2-7,9,30H,8H2,1H3,(H,28,29)/t15-/m1/s1. The van der Waals surface area contributed by atoms with E-state index >= 15 is 0 Å². The van der Waals surface area contributed by atoms with E-state index in [4.69, 9.17) is 4.74 Å². The summed E-state index contributed by atoms with van der Waals surface area (Å²) in [6.45, 7) is -0.998. The highest BCUT2D eigenvalue weighted by atomic mass is 19.4. The topological polar surface area (TPSA) is 71.5 Å². The molecule has 170 valence electrons. The Balaban J connectivity index is 2.45. The molecule has 1 aromatic heterocycles. The number of benzene rings is 1. The first-order chi connectivity index (χ1) is 14.2. The molecular weight excluding hydrogens is 444 g/mol. The molecule has 0 spiro atoms. The number of carbonyl (C=O) groups is 1. The van der Waals surface area contributed by atoms with E-state index in [2.05, 4.69) is 4.98 Å². The number of hydrogen-bond acceptors (Lipinski definition) is 4. The lowest BCUT2D eigenvalue weighted by Gasteiger charge is -2.35. The van der Waals surface area contributed by atoms with Gasteiger partial charge in [-0.25, -0.2) is 4.98 Å². The van der Waals surface area contributed by atoms with Crippen molar-refractivity contribution in [3.8, 4) is 5.88 Å². The monoisotopic (exact) mass is 458 g/mol. The van der Waals surface area contributed by atoms with Crippen molar-refractivity contribution in [3.05, 3.63) is 59.3 Å². The van der Waals surface area contributed by atoms with Crippen molar-refractivity contribution >= 4 is 5.91 Å². The number of nitrogens with one attached hydrogen (secondary N) is 1. The van der Waals surface area contributed by atoms with Gasteiger partial charge in [0, 0.05) is 18.3 Å². The number of nitrogens with zero attached hydrogens (tertiary/aromatic N) is 1. The van der Waals surface area contributed by atoms with Gasteiger partial charge in [0.05, 0.1) is 12.7 Å². The van der Waals surface area contributed by atoms with Crippen LogP contribution in [0.1, 0.15) is 16.7 Å². The summed E-state index contributed by atoms with van der Waals surface area (Å²) < 4.78 is 111. The average Bonchev–Trinajstić information content (AvgIpc) is 2.70. The average molecular weight is 458 g/mol. The lowest BCUT2D eigenvalue weighted by Crippen LogP contribution is -2.62. The van der Waals surface area contributed by atoms with Crippen molar-refractivity contribution in [1.29, 1.82) is 0 Å². The van der Waals surface area contributed by atoms with E-state index in [0.717, 1.165) is 19.2 Å². The van der Waals surface area contributed by atoms with Crippen LogP contribution in [-0.2, 0) is 23.1 Å². The minimum Gasteiger partial charge on any atom is -0.481 e. The van der Waals surface area contributed by atoms with Crippen molar-refractivity contribution in [2.75, 3.05) is 7.11 Å². The Morgan fingerprint density at radius 3 is 2.10 bits per heavy atom. The molecule has 31 heavy (non-hydrogen) atoms. The number of hydrogen-bond donors (Lipinski definition) is 2. The molecule has 1 heterocycles. The Morgan fingerprint density at radius 1 is 1.03 bits per heavy atom. The van der Waals surface area contributed by atoms with Crippen molar-refractivity contribution in [3.63, 3.8) is 0 Å². The van der Waals surface area contributed by atoms with E-state index in [9.17, 15) is 45.0 Å². The van der Waals surface area contributed by atoms with Crippen molar-refractivity contribution in [2.24, 2.45) is 0 Å². The number of ether oxygens (including phenoxy) is 1. The van der Waals surface area contributed by atoms with Gasteiger partial charge in [-0.15, -0.1) is 0 Å². The van der Waals surface area contributed by atoms with Crippen LogP contribution in [0, 0.1) is 0 Å². The predicted molar refractivity (Wildman–Crippen MR) is 89.0 cm³/mol. The van der Waals surface area contributed by atoms with Crippen LogP contribution in [-0.4, -0.2) is 35.2 Å². The summed E-state index contributed by atoms with van der Waals surface area (Å²) in [5.41, 5.74) is -7.24. The lowest BCUT2D eigenvalue weighted by molar-refractivity contribution is -0.337. The zero-order chi connectivity index (χ0) is 23.7. The zero-order valence-corrected chi connectivity index (χ0v) is 15.5.